The molecule has 0 fully saturated rings. The molecule has 0 aliphatic rings. The van der Waals surface area contributed by atoms with Gasteiger partial charge in [-0.25, -0.2) is 0 Å². The molecule has 0 aromatic carbocycles. The van der Waals surface area contributed by atoms with Crippen LogP contribution in [0, 0.1) is 5.92 Å². The standard InChI is InChI=1S/C9H19NO2/c1-4-8(6-10)5-9(11)12-7(2)3/h7-8H,4-6,10H2,1-3H3. The topological polar surface area (TPSA) is 52.3 Å². The van der Waals surface area contributed by atoms with Crippen molar-refractivity contribution in [3.63, 3.8) is 0 Å². The minimum absolute atomic E-state index is 0.0206. The average molecular weight is 173 g/mol. The first-order valence-electron chi connectivity index (χ1n) is 4.49. The fourth-order valence-electron chi connectivity index (χ4n) is 0.941. The van der Waals surface area contributed by atoms with Crippen LogP contribution in [0.2, 0.25) is 0 Å². The van der Waals surface area contributed by atoms with E-state index >= 15 is 0 Å². The Bertz CT molecular complexity index is 130. The van der Waals surface area contributed by atoms with E-state index in [9.17, 15) is 4.79 Å². The van der Waals surface area contributed by atoms with Gasteiger partial charge in [0, 0.05) is 6.42 Å². The van der Waals surface area contributed by atoms with E-state index in [0.29, 0.717) is 13.0 Å². The zero-order valence-corrected chi connectivity index (χ0v) is 8.17. The van der Waals surface area contributed by atoms with E-state index in [2.05, 4.69) is 0 Å². The number of hydrogen-bond acceptors (Lipinski definition) is 3. The summed E-state index contributed by atoms with van der Waals surface area (Å²) in [6.07, 6.45) is 1.36. The predicted molar refractivity (Wildman–Crippen MR) is 48.7 cm³/mol. The Labute approximate surface area is 74.3 Å². The highest BCUT2D eigenvalue weighted by Crippen LogP contribution is 2.07. The minimum Gasteiger partial charge on any atom is -0.463 e. The second-order valence-corrected chi connectivity index (χ2v) is 3.25. The first-order valence-corrected chi connectivity index (χ1v) is 4.49. The lowest BCUT2D eigenvalue weighted by molar-refractivity contribution is -0.148. The minimum atomic E-state index is -0.137. The number of carbonyl (C=O) groups is 1. The molecule has 0 rings (SSSR count). The van der Waals surface area contributed by atoms with E-state index < -0.39 is 0 Å². The zero-order valence-electron chi connectivity index (χ0n) is 8.17. The van der Waals surface area contributed by atoms with E-state index in [1.807, 2.05) is 20.8 Å². The highest BCUT2D eigenvalue weighted by atomic mass is 16.5. The molecule has 0 saturated carbocycles. The molecule has 2 N–H and O–H groups in total. The largest absolute Gasteiger partial charge is 0.463 e. The maximum atomic E-state index is 11.1. The third kappa shape index (κ3) is 5.13. The van der Waals surface area contributed by atoms with Crippen molar-refractivity contribution in [2.24, 2.45) is 11.7 Å². The van der Waals surface area contributed by atoms with Crippen LogP contribution in [0.3, 0.4) is 0 Å². The van der Waals surface area contributed by atoms with Gasteiger partial charge in [0.05, 0.1) is 6.10 Å². The molecule has 72 valence electrons. The van der Waals surface area contributed by atoms with Crippen LogP contribution >= 0.6 is 0 Å². The monoisotopic (exact) mass is 173 g/mol. The number of ether oxygens (including phenoxy) is 1. The van der Waals surface area contributed by atoms with Crippen molar-refractivity contribution in [1.82, 2.24) is 0 Å². The molecule has 0 amide bonds. The number of nitrogens with two attached hydrogens (primary N) is 1. The van der Waals surface area contributed by atoms with Crippen LogP contribution < -0.4 is 5.73 Å². The highest BCUT2D eigenvalue weighted by molar-refractivity contribution is 5.69. The van der Waals surface area contributed by atoms with Crippen LogP contribution in [0.25, 0.3) is 0 Å². The number of esters is 1. The van der Waals surface area contributed by atoms with Gasteiger partial charge in [0.15, 0.2) is 0 Å². The number of rotatable bonds is 5. The van der Waals surface area contributed by atoms with Crippen molar-refractivity contribution in [1.29, 1.82) is 0 Å². The van der Waals surface area contributed by atoms with Crippen LogP contribution in [0.5, 0.6) is 0 Å². The SMILES string of the molecule is CCC(CN)CC(=O)OC(C)C. The molecule has 12 heavy (non-hydrogen) atoms. The van der Waals surface area contributed by atoms with Gasteiger partial charge in [0.25, 0.3) is 0 Å². The van der Waals surface area contributed by atoms with Gasteiger partial charge in [-0.05, 0) is 26.3 Å². The maximum absolute atomic E-state index is 11.1. The summed E-state index contributed by atoms with van der Waals surface area (Å²) in [7, 11) is 0. The lowest BCUT2D eigenvalue weighted by atomic mass is 10.0. The fraction of sp³-hybridized carbons (Fsp3) is 0.889. The van der Waals surface area contributed by atoms with Crippen LogP contribution in [0.1, 0.15) is 33.6 Å². The summed E-state index contributed by atoms with van der Waals surface area (Å²) in [5, 5.41) is 0. The van der Waals surface area contributed by atoms with Crippen LogP contribution in [0.4, 0.5) is 0 Å². The van der Waals surface area contributed by atoms with Crippen LogP contribution in [-0.4, -0.2) is 18.6 Å². The Morgan fingerprint density at radius 3 is 2.42 bits per heavy atom. The summed E-state index contributed by atoms with van der Waals surface area (Å²) >= 11 is 0. The summed E-state index contributed by atoms with van der Waals surface area (Å²) in [4.78, 5) is 11.1. The molecule has 0 aliphatic heterocycles. The number of carbonyl (C=O) groups excluding carboxylic acids is 1. The lowest BCUT2D eigenvalue weighted by Crippen LogP contribution is -2.20. The molecule has 0 heterocycles. The molecule has 0 spiro atoms. The molecule has 3 nitrogen and oxygen atoms in total. The second-order valence-electron chi connectivity index (χ2n) is 3.25. The van der Waals surface area contributed by atoms with E-state index in [-0.39, 0.29) is 18.0 Å². The van der Waals surface area contributed by atoms with Crippen LogP contribution in [0.15, 0.2) is 0 Å². The average Bonchev–Trinajstić information content (AvgIpc) is 1.98. The Morgan fingerprint density at radius 1 is 1.50 bits per heavy atom. The quantitative estimate of drug-likeness (QED) is 0.638. The van der Waals surface area contributed by atoms with Crippen molar-refractivity contribution in [3.05, 3.63) is 0 Å². The Kier molecular flexibility index (Phi) is 5.72. The van der Waals surface area contributed by atoms with E-state index in [0.717, 1.165) is 6.42 Å². The van der Waals surface area contributed by atoms with Gasteiger partial charge in [-0.3, -0.25) is 4.79 Å². The van der Waals surface area contributed by atoms with Crippen molar-refractivity contribution in [3.8, 4) is 0 Å². The smallest absolute Gasteiger partial charge is 0.306 e. The third-order valence-corrected chi connectivity index (χ3v) is 1.73. The Hall–Kier alpha value is -0.570. The van der Waals surface area contributed by atoms with Gasteiger partial charge >= 0.3 is 5.97 Å². The molecule has 0 aliphatic carbocycles. The Morgan fingerprint density at radius 2 is 2.08 bits per heavy atom. The molecular formula is C9H19NO2. The predicted octanol–water partition coefficient (Wildman–Crippen LogP) is 1.31. The molecule has 0 saturated heterocycles. The second kappa shape index (κ2) is 6.00. The normalized spacial score (nSPS) is 13.1. The lowest BCUT2D eigenvalue weighted by Gasteiger charge is -2.12. The van der Waals surface area contributed by atoms with Gasteiger partial charge in [-0.15, -0.1) is 0 Å². The molecule has 3 heteroatoms. The highest BCUT2D eigenvalue weighted by Gasteiger charge is 2.12. The van der Waals surface area contributed by atoms with Gasteiger partial charge in [-0.2, -0.15) is 0 Å². The first-order chi connectivity index (χ1) is 5.60. The number of hydrogen-bond donors (Lipinski definition) is 1. The summed E-state index contributed by atoms with van der Waals surface area (Å²) in [5.74, 6) is 0.138. The van der Waals surface area contributed by atoms with Gasteiger partial charge in [0.1, 0.15) is 0 Å². The summed E-state index contributed by atoms with van der Waals surface area (Å²) < 4.78 is 4.99. The zero-order chi connectivity index (χ0) is 9.56. The van der Waals surface area contributed by atoms with Crippen molar-refractivity contribution >= 4 is 5.97 Å². The maximum Gasteiger partial charge on any atom is 0.306 e. The van der Waals surface area contributed by atoms with E-state index in [4.69, 9.17) is 10.5 Å². The van der Waals surface area contributed by atoms with Crippen molar-refractivity contribution in [2.45, 2.75) is 39.7 Å². The molecule has 0 aromatic rings. The van der Waals surface area contributed by atoms with Gasteiger partial charge in [-0.1, -0.05) is 13.3 Å². The van der Waals surface area contributed by atoms with Gasteiger partial charge < -0.3 is 10.5 Å². The summed E-state index contributed by atoms with van der Waals surface area (Å²) in [6.45, 7) is 6.28. The molecule has 0 radical (unpaired) electrons. The van der Waals surface area contributed by atoms with Gasteiger partial charge in [0.2, 0.25) is 0 Å². The Balaban J connectivity index is 3.66. The molecule has 0 bridgehead atoms. The summed E-state index contributed by atoms with van der Waals surface area (Å²) in [5.41, 5.74) is 5.45. The molecular weight excluding hydrogens is 154 g/mol. The summed E-state index contributed by atoms with van der Waals surface area (Å²) in [6, 6.07) is 0. The van der Waals surface area contributed by atoms with E-state index in [1.54, 1.807) is 0 Å². The third-order valence-electron chi connectivity index (χ3n) is 1.73. The fourth-order valence-corrected chi connectivity index (χ4v) is 0.941. The molecule has 1 atom stereocenters. The van der Waals surface area contributed by atoms with E-state index in [1.165, 1.54) is 0 Å². The molecule has 0 aromatic heterocycles. The van der Waals surface area contributed by atoms with Crippen LogP contribution in [-0.2, 0) is 9.53 Å². The first kappa shape index (κ1) is 11.4. The molecule has 1 unspecified atom stereocenters. The van der Waals surface area contributed by atoms with Crippen molar-refractivity contribution < 1.29 is 9.53 Å². The van der Waals surface area contributed by atoms with Crippen molar-refractivity contribution in [2.75, 3.05) is 6.54 Å².